The molecule has 0 fully saturated rings. The molecule has 1 aliphatic heterocycles. The highest BCUT2D eigenvalue weighted by atomic mass is 16.5. The van der Waals surface area contributed by atoms with E-state index in [1.54, 1.807) is 0 Å². The summed E-state index contributed by atoms with van der Waals surface area (Å²) >= 11 is 0. The largest absolute Gasteiger partial charge is 0.383 e. The van der Waals surface area contributed by atoms with Crippen LogP contribution in [0, 0.1) is 0 Å². The normalized spacial score (nSPS) is 15.2. The van der Waals surface area contributed by atoms with E-state index in [-0.39, 0.29) is 0 Å². The van der Waals surface area contributed by atoms with Crippen molar-refractivity contribution in [1.82, 2.24) is 9.97 Å². The van der Waals surface area contributed by atoms with Crippen LogP contribution in [0.3, 0.4) is 0 Å². The molecule has 1 aliphatic rings. The minimum atomic E-state index is 0.544. The van der Waals surface area contributed by atoms with Gasteiger partial charge in [0, 0.05) is 5.56 Å². The fourth-order valence-corrected chi connectivity index (χ4v) is 0.996. The van der Waals surface area contributed by atoms with Gasteiger partial charge < -0.3 is 10.5 Å². The van der Waals surface area contributed by atoms with Crippen LogP contribution in [0.2, 0.25) is 0 Å². The fourth-order valence-electron chi connectivity index (χ4n) is 0.996. The molecule has 2 N–H and O–H groups in total. The van der Waals surface area contributed by atoms with Crippen LogP contribution in [0.5, 0.6) is 0 Å². The van der Waals surface area contributed by atoms with E-state index in [0.29, 0.717) is 19.0 Å². The lowest BCUT2D eigenvalue weighted by molar-refractivity contribution is 0.133. The Bertz CT molecular complexity index is 261. The molecule has 0 radical (unpaired) electrons. The minimum Gasteiger partial charge on any atom is -0.383 e. The fraction of sp³-hybridized carbons (Fsp3) is 0.333. The van der Waals surface area contributed by atoms with Gasteiger partial charge in [-0.3, -0.25) is 0 Å². The number of hydrogen-bond donors (Lipinski definition) is 1. The van der Waals surface area contributed by atoms with Crippen LogP contribution >= 0.6 is 0 Å². The van der Waals surface area contributed by atoms with Gasteiger partial charge in [0.05, 0.1) is 18.9 Å². The molecule has 0 atom stereocenters. The Labute approximate surface area is 58.0 Å². The number of ether oxygens (including phenoxy) is 1. The maximum absolute atomic E-state index is 5.54. The van der Waals surface area contributed by atoms with Crippen LogP contribution in [-0.4, -0.2) is 9.97 Å². The van der Waals surface area contributed by atoms with Crippen molar-refractivity contribution < 1.29 is 4.74 Å². The van der Waals surface area contributed by atoms with Crippen LogP contribution in [0.15, 0.2) is 6.33 Å². The summed E-state index contributed by atoms with van der Waals surface area (Å²) in [4.78, 5) is 7.84. The van der Waals surface area contributed by atoms with Gasteiger partial charge in [-0.15, -0.1) is 0 Å². The van der Waals surface area contributed by atoms with Gasteiger partial charge in [0.15, 0.2) is 0 Å². The summed E-state index contributed by atoms with van der Waals surface area (Å²) in [5.74, 6) is 0.544. The number of nitrogens with two attached hydrogens (primary N) is 1. The zero-order valence-corrected chi connectivity index (χ0v) is 5.37. The summed E-state index contributed by atoms with van der Waals surface area (Å²) in [6, 6.07) is 0. The van der Waals surface area contributed by atoms with Gasteiger partial charge in [0.25, 0.3) is 0 Å². The molecule has 1 aromatic rings. The second-order valence-corrected chi connectivity index (χ2v) is 2.18. The Balaban J connectivity index is 2.59. The second-order valence-electron chi connectivity index (χ2n) is 2.18. The molecule has 2 rings (SSSR count). The third-order valence-electron chi connectivity index (χ3n) is 1.55. The Morgan fingerprint density at radius 2 is 2.30 bits per heavy atom. The average molecular weight is 137 g/mol. The first-order chi connectivity index (χ1) is 4.88. The monoisotopic (exact) mass is 137 g/mol. The lowest BCUT2D eigenvalue weighted by Crippen LogP contribution is -1.98. The third kappa shape index (κ3) is 0.657. The van der Waals surface area contributed by atoms with Gasteiger partial charge in [-0.2, -0.15) is 0 Å². The van der Waals surface area contributed by atoms with Gasteiger partial charge >= 0.3 is 0 Å². The number of aromatic nitrogens is 2. The number of nitrogens with zero attached hydrogens (tertiary/aromatic N) is 2. The van der Waals surface area contributed by atoms with Crippen molar-refractivity contribution in [3.8, 4) is 0 Å². The molecular formula is C6H7N3O. The summed E-state index contributed by atoms with van der Waals surface area (Å²) in [6.07, 6.45) is 1.46. The van der Waals surface area contributed by atoms with Gasteiger partial charge in [-0.1, -0.05) is 0 Å². The highest BCUT2D eigenvalue weighted by Crippen LogP contribution is 2.20. The van der Waals surface area contributed by atoms with Crippen LogP contribution < -0.4 is 5.73 Å². The maximum Gasteiger partial charge on any atom is 0.132 e. The SMILES string of the molecule is Nc1ncnc2c1COC2. The van der Waals surface area contributed by atoms with Crippen LogP contribution in [-0.2, 0) is 18.0 Å². The Morgan fingerprint density at radius 1 is 1.40 bits per heavy atom. The predicted octanol–water partition coefficient (Wildman–Crippen LogP) is 0.0890. The van der Waals surface area contributed by atoms with E-state index in [0.717, 1.165) is 11.3 Å². The van der Waals surface area contributed by atoms with Crippen molar-refractivity contribution in [2.24, 2.45) is 0 Å². The predicted molar refractivity (Wildman–Crippen MR) is 34.9 cm³/mol. The molecule has 4 heteroatoms. The van der Waals surface area contributed by atoms with E-state index in [1.807, 2.05) is 0 Å². The first-order valence-electron chi connectivity index (χ1n) is 3.04. The van der Waals surface area contributed by atoms with Gasteiger partial charge in [-0.05, 0) is 0 Å². The average Bonchev–Trinajstić information content (AvgIpc) is 2.36. The summed E-state index contributed by atoms with van der Waals surface area (Å²) in [6.45, 7) is 1.13. The van der Waals surface area contributed by atoms with E-state index in [2.05, 4.69) is 9.97 Å². The topological polar surface area (TPSA) is 61.0 Å². The molecule has 1 aromatic heterocycles. The van der Waals surface area contributed by atoms with E-state index in [1.165, 1.54) is 6.33 Å². The van der Waals surface area contributed by atoms with Crippen LogP contribution in [0.4, 0.5) is 5.82 Å². The molecule has 4 nitrogen and oxygen atoms in total. The zero-order chi connectivity index (χ0) is 6.97. The standard InChI is InChI=1S/C6H7N3O/c7-6-4-1-10-2-5(4)8-3-9-6/h3H,1-2H2,(H2,7,8,9). The van der Waals surface area contributed by atoms with E-state index < -0.39 is 0 Å². The van der Waals surface area contributed by atoms with Crippen molar-refractivity contribution in [2.45, 2.75) is 13.2 Å². The second kappa shape index (κ2) is 1.91. The molecule has 0 amide bonds. The van der Waals surface area contributed by atoms with Gasteiger partial charge in [-0.25, -0.2) is 9.97 Å². The summed E-state index contributed by atoms with van der Waals surface area (Å²) in [7, 11) is 0. The quantitative estimate of drug-likeness (QED) is 0.550. The Hall–Kier alpha value is -1.16. The van der Waals surface area contributed by atoms with Crippen molar-refractivity contribution in [3.05, 3.63) is 17.6 Å². The summed E-state index contributed by atoms with van der Waals surface area (Å²) in [5.41, 5.74) is 7.41. The van der Waals surface area contributed by atoms with Gasteiger partial charge in [0.1, 0.15) is 12.1 Å². The van der Waals surface area contributed by atoms with Crippen molar-refractivity contribution >= 4 is 5.82 Å². The van der Waals surface area contributed by atoms with Crippen LogP contribution in [0.25, 0.3) is 0 Å². The minimum absolute atomic E-state index is 0.544. The molecule has 52 valence electrons. The molecular weight excluding hydrogens is 130 g/mol. The number of fused-ring (bicyclic) bond motifs is 1. The molecule has 2 heterocycles. The lowest BCUT2D eigenvalue weighted by atomic mass is 10.2. The summed E-state index contributed by atoms with van der Waals surface area (Å²) < 4.78 is 5.11. The Kier molecular flexibility index (Phi) is 1.07. The lowest BCUT2D eigenvalue weighted by Gasteiger charge is -1.96. The first-order valence-corrected chi connectivity index (χ1v) is 3.04. The molecule has 0 saturated heterocycles. The van der Waals surface area contributed by atoms with E-state index in [9.17, 15) is 0 Å². The van der Waals surface area contributed by atoms with E-state index >= 15 is 0 Å². The van der Waals surface area contributed by atoms with Crippen LogP contribution in [0.1, 0.15) is 11.3 Å². The molecule has 0 spiro atoms. The maximum atomic E-state index is 5.54. The molecule has 0 bridgehead atoms. The first kappa shape index (κ1) is 5.61. The number of hydrogen-bond acceptors (Lipinski definition) is 4. The van der Waals surface area contributed by atoms with Crippen molar-refractivity contribution in [1.29, 1.82) is 0 Å². The zero-order valence-electron chi connectivity index (χ0n) is 5.37. The molecule has 0 aliphatic carbocycles. The number of nitrogen functional groups attached to an aromatic ring is 1. The molecule has 0 saturated carbocycles. The van der Waals surface area contributed by atoms with Crippen molar-refractivity contribution in [3.63, 3.8) is 0 Å². The van der Waals surface area contributed by atoms with Crippen molar-refractivity contribution in [2.75, 3.05) is 5.73 Å². The Morgan fingerprint density at radius 3 is 3.10 bits per heavy atom. The highest BCUT2D eigenvalue weighted by molar-refractivity contribution is 5.41. The molecule has 10 heavy (non-hydrogen) atoms. The smallest absolute Gasteiger partial charge is 0.132 e. The summed E-state index contributed by atoms with van der Waals surface area (Å²) in [5, 5.41) is 0. The third-order valence-corrected chi connectivity index (χ3v) is 1.55. The molecule has 0 aromatic carbocycles. The highest BCUT2D eigenvalue weighted by Gasteiger charge is 2.14. The van der Waals surface area contributed by atoms with Gasteiger partial charge in [0.2, 0.25) is 0 Å². The number of anilines is 1. The van der Waals surface area contributed by atoms with E-state index in [4.69, 9.17) is 10.5 Å². The number of rotatable bonds is 0. The molecule has 0 unspecified atom stereocenters.